The summed E-state index contributed by atoms with van der Waals surface area (Å²) in [7, 11) is 3.29. The Labute approximate surface area is 139 Å². The van der Waals surface area contributed by atoms with Crippen LogP contribution in [0.5, 0.6) is 5.75 Å². The minimum atomic E-state index is -1.18. The summed E-state index contributed by atoms with van der Waals surface area (Å²) in [6.07, 6.45) is 2.25. The highest BCUT2D eigenvalue weighted by Gasteiger charge is 2.16. The van der Waals surface area contributed by atoms with E-state index < -0.39 is 5.97 Å². The summed E-state index contributed by atoms with van der Waals surface area (Å²) < 4.78 is 5.34. The van der Waals surface area contributed by atoms with Crippen molar-refractivity contribution < 1.29 is 19.4 Å². The zero-order valence-corrected chi connectivity index (χ0v) is 14.0. The Morgan fingerprint density at radius 1 is 1.12 bits per heavy atom. The summed E-state index contributed by atoms with van der Waals surface area (Å²) in [6, 6.07) is 3.93. The van der Waals surface area contributed by atoms with Gasteiger partial charge >= 0.3 is 5.97 Å². The fourth-order valence-electron chi connectivity index (χ4n) is 2.54. The average molecular weight is 329 g/mol. The number of carboxylic acids is 1. The Kier molecular flexibility index (Phi) is 5.13. The maximum atomic E-state index is 12.4. The van der Waals surface area contributed by atoms with Crippen LogP contribution in [0, 0.1) is 13.8 Å². The molecule has 1 heterocycles. The molecule has 1 aromatic carbocycles. The molecule has 0 bridgehead atoms. The van der Waals surface area contributed by atoms with Crippen LogP contribution in [0.25, 0.3) is 0 Å². The van der Waals surface area contributed by atoms with Crippen molar-refractivity contribution in [1.29, 1.82) is 0 Å². The quantitative estimate of drug-likeness (QED) is 0.903. The Morgan fingerprint density at radius 2 is 1.67 bits per heavy atom. The third kappa shape index (κ3) is 3.68. The van der Waals surface area contributed by atoms with E-state index in [2.05, 4.69) is 9.97 Å². The molecule has 0 aliphatic heterocycles. The number of aromatic nitrogens is 2. The summed E-state index contributed by atoms with van der Waals surface area (Å²) in [5.41, 5.74) is 2.87. The van der Waals surface area contributed by atoms with Gasteiger partial charge in [0, 0.05) is 13.6 Å². The van der Waals surface area contributed by atoms with Crippen LogP contribution in [-0.2, 0) is 6.54 Å². The van der Waals surface area contributed by atoms with Gasteiger partial charge in [-0.05, 0) is 30.5 Å². The molecule has 1 aromatic heterocycles. The summed E-state index contributed by atoms with van der Waals surface area (Å²) in [4.78, 5) is 32.2. The van der Waals surface area contributed by atoms with Gasteiger partial charge in [0.15, 0.2) is 5.69 Å². The SMILES string of the molecule is COc1c(C)cc(CN(C)C(=O)c2cnc(C(=O)O)cn2)cc1C. The van der Waals surface area contributed by atoms with E-state index in [1.54, 1.807) is 14.2 Å². The third-order valence-corrected chi connectivity index (χ3v) is 3.58. The Bertz CT molecular complexity index is 749. The van der Waals surface area contributed by atoms with Crippen LogP contribution in [0.3, 0.4) is 0 Å². The zero-order valence-electron chi connectivity index (χ0n) is 14.0. The second-order valence-corrected chi connectivity index (χ2v) is 5.52. The number of carboxylic acid groups (broad SMARTS) is 1. The predicted octanol–water partition coefficient (Wildman–Crippen LogP) is 2.07. The standard InChI is InChI=1S/C17H19N3O4/c1-10-5-12(6-11(2)15(10)24-4)9-20(3)16(21)13-7-19-14(8-18-13)17(22)23/h5-8H,9H2,1-4H3,(H,22,23). The van der Waals surface area contributed by atoms with Crippen molar-refractivity contribution in [3.63, 3.8) is 0 Å². The monoisotopic (exact) mass is 329 g/mol. The van der Waals surface area contributed by atoms with Gasteiger partial charge in [0.05, 0.1) is 19.5 Å². The van der Waals surface area contributed by atoms with Gasteiger partial charge in [-0.15, -0.1) is 0 Å². The number of aromatic carboxylic acids is 1. The largest absolute Gasteiger partial charge is 0.496 e. The van der Waals surface area contributed by atoms with Crippen LogP contribution in [-0.4, -0.2) is 46.0 Å². The number of nitrogens with zero attached hydrogens (tertiary/aromatic N) is 3. The molecule has 0 saturated carbocycles. The lowest BCUT2D eigenvalue weighted by Gasteiger charge is -2.18. The predicted molar refractivity (Wildman–Crippen MR) is 87.3 cm³/mol. The molecule has 126 valence electrons. The molecule has 2 rings (SSSR count). The minimum absolute atomic E-state index is 0.101. The number of benzene rings is 1. The molecule has 1 N–H and O–H groups in total. The Hall–Kier alpha value is -2.96. The smallest absolute Gasteiger partial charge is 0.356 e. The first kappa shape index (κ1) is 17.4. The molecule has 7 nitrogen and oxygen atoms in total. The van der Waals surface area contributed by atoms with Crippen molar-refractivity contribution in [2.75, 3.05) is 14.2 Å². The van der Waals surface area contributed by atoms with Crippen LogP contribution >= 0.6 is 0 Å². The fraction of sp³-hybridized carbons (Fsp3) is 0.294. The average Bonchev–Trinajstić information content (AvgIpc) is 2.54. The van der Waals surface area contributed by atoms with Crippen LogP contribution in [0.15, 0.2) is 24.5 Å². The summed E-state index contributed by atoms with van der Waals surface area (Å²) >= 11 is 0. The molecule has 0 fully saturated rings. The van der Waals surface area contributed by atoms with Gasteiger partial charge in [0.2, 0.25) is 0 Å². The first-order valence-corrected chi connectivity index (χ1v) is 7.28. The number of ether oxygens (including phenoxy) is 1. The molecule has 0 unspecified atom stereocenters. The molecule has 0 radical (unpaired) electrons. The number of amides is 1. The van der Waals surface area contributed by atoms with Gasteiger partial charge in [-0.1, -0.05) is 12.1 Å². The lowest BCUT2D eigenvalue weighted by Crippen LogP contribution is -2.27. The van der Waals surface area contributed by atoms with Crippen molar-refractivity contribution in [3.8, 4) is 5.75 Å². The molecule has 1 amide bonds. The Balaban J connectivity index is 2.15. The number of hydrogen-bond acceptors (Lipinski definition) is 5. The first-order valence-electron chi connectivity index (χ1n) is 7.28. The van der Waals surface area contributed by atoms with Crippen molar-refractivity contribution in [2.45, 2.75) is 20.4 Å². The molecule has 7 heteroatoms. The van der Waals surface area contributed by atoms with Crippen LogP contribution in [0.2, 0.25) is 0 Å². The van der Waals surface area contributed by atoms with Crippen molar-refractivity contribution in [2.24, 2.45) is 0 Å². The molecule has 2 aromatic rings. The van der Waals surface area contributed by atoms with Crippen LogP contribution < -0.4 is 4.74 Å². The van der Waals surface area contributed by atoms with Gasteiger partial charge in [0.1, 0.15) is 11.4 Å². The lowest BCUT2D eigenvalue weighted by molar-refractivity contribution is 0.0687. The van der Waals surface area contributed by atoms with Crippen LogP contribution in [0.4, 0.5) is 0 Å². The van der Waals surface area contributed by atoms with E-state index >= 15 is 0 Å². The lowest BCUT2D eigenvalue weighted by atomic mass is 10.1. The molecule has 0 atom stereocenters. The van der Waals surface area contributed by atoms with Gasteiger partial charge in [-0.2, -0.15) is 0 Å². The number of methoxy groups -OCH3 is 1. The highest BCUT2D eigenvalue weighted by atomic mass is 16.5. The van der Waals surface area contributed by atoms with E-state index in [1.165, 1.54) is 11.1 Å². The summed E-state index contributed by atoms with van der Waals surface area (Å²) in [6.45, 7) is 4.30. The number of hydrogen-bond donors (Lipinski definition) is 1. The highest BCUT2D eigenvalue weighted by Crippen LogP contribution is 2.24. The third-order valence-electron chi connectivity index (χ3n) is 3.58. The van der Waals surface area contributed by atoms with E-state index in [0.717, 1.165) is 28.6 Å². The minimum Gasteiger partial charge on any atom is -0.496 e. The molecule has 0 saturated heterocycles. The van der Waals surface area contributed by atoms with Gasteiger partial charge in [0.25, 0.3) is 5.91 Å². The molecular weight excluding hydrogens is 310 g/mol. The van der Waals surface area contributed by atoms with E-state index in [-0.39, 0.29) is 17.3 Å². The molecular formula is C17H19N3O4. The summed E-state index contributed by atoms with van der Waals surface area (Å²) in [5.74, 6) is -0.674. The van der Waals surface area contributed by atoms with E-state index in [4.69, 9.17) is 9.84 Å². The molecule has 24 heavy (non-hydrogen) atoms. The maximum Gasteiger partial charge on any atom is 0.356 e. The van der Waals surface area contributed by atoms with Gasteiger partial charge < -0.3 is 14.7 Å². The normalized spacial score (nSPS) is 10.3. The van der Waals surface area contributed by atoms with Crippen LogP contribution in [0.1, 0.15) is 37.7 Å². The molecule has 0 spiro atoms. The summed E-state index contributed by atoms with van der Waals surface area (Å²) in [5, 5.41) is 8.80. The topological polar surface area (TPSA) is 92.6 Å². The van der Waals surface area contributed by atoms with Crippen molar-refractivity contribution in [1.82, 2.24) is 14.9 Å². The van der Waals surface area contributed by atoms with E-state index in [9.17, 15) is 9.59 Å². The Morgan fingerprint density at radius 3 is 2.12 bits per heavy atom. The zero-order chi connectivity index (χ0) is 17.9. The number of carbonyl (C=O) groups excluding carboxylic acids is 1. The number of carbonyl (C=O) groups is 2. The van der Waals surface area contributed by atoms with Gasteiger partial charge in [-0.3, -0.25) is 4.79 Å². The number of rotatable bonds is 5. The molecule has 0 aliphatic rings. The molecule has 0 aliphatic carbocycles. The number of aryl methyl sites for hydroxylation is 2. The van der Waals surface area contributed by atoms with E-state index in [1.807, 2.05) is 26.0 Å². The van der Waals surface area contributed by atoms with Crippen molar-refractivity contribution in [3.05, 3.63) is 52.6 Å². The van der Waals surface area contributed by atoms with E-state index in [0.29, 0.717) is 6.54 Å². The van der Waals surface area contributed by atoms with Gasteiger partial charge in [-0.25, -0.2) is 14.8 Å². The first-order chi connectivity index (χ1) is 11.3. The second-order valence-electron chi connectivity index (χ2n) is 5.52. The van der Waals surface area contributed by atoms with Crippen molar-refractivity contribution >= 4 is 11.9 Å². The highest BCUT2D eigenvalue weighted by molar-refractivity contribution is 5.92. The fourth-order valence-corrected chi connectivity index (χ4v) is 2.54. The maximum absolute atomic E-state index is 12.4. The second kappa shape index (κ2) is 7.08.